The summed E-state index contributed by atoms with van der Waals surface area (Å²) in [5.74, 6) is -0.536. The highest BCUT2D eigenvalue weighted by Crippen LogP contribution is 2.33. The lowest BCUT2D eigenvalue weighted by Crippen LogP contribution is -2.33. The molecule has 1 amide bonds. The monoisotopic (exact) mass is 379 g/mol. The van der Waals surface area contributed by atoms with Crippen LogP contribution in [0, 0.1) is 5.92 Å². The fourth-order valence-corrected chi connectivity index (χ4v) is 2.89. The van der Waals surface area contributed by atoms with Crippen molar-refractivity contribution in [3.05, 3.63) is 53.7 Å². The van der Waals surface area contributed by atoms with Crippen LogP contribution in [0.5, 0.6) is 0 Å². The minimum atomic E-state index is -4.67. The number of para-hydroxylation sites is 1. The van der Waals surface area contributed by atoms with Crippen LogP contribution in [-0.2, 0) is 10.9 Å². The molecule has 1 aromatic carbocycles. The molecule has 5 nitrogen and oxygen atoms in total. The number of anilines is 2. The summed E-state index contributed by atoms with van der Waals surface area (Å²) in [6, 6.07) is 9.59. The second-order valence-corrected chi connectivity index (χ2v) is 6.37. The number of aromatic nitrogens is 1. The second-order valence-electron chi connectivity index (χ2n) is 6.37. The van der Waals surface area contributed by atoms with E-state index in [0.717, 1.165) is 25.1 Å². The molecule has 1 aliphatic heterocycles. The molecule has 2 heterocycles. The smallest absolute Gasteiger partial charge is 0.381 e. The predicted octanol–water partition coefficient (Wildman–Crippen LogP) is 4.00. The molecule has 1 aliphatic rings. The molecular weight excluding hydrogens is 359 g/mol. The van der Waals surface area contributed by atoms with Crippen LogP contribution in [0.2, 0.25) is 0 Å². The van der Waals surface area contributed by atoms with Crippen molar-refractivity contribution in [2.45, 2.75) is 19.0 Å². The first-order chi connectivity index (χ1) is 12.9. The van der Waals surface area contributed by atoms with Crippen LogP contribution >= 0.6 is 0 Å². The summed E-state index contributed by atoms with van der Waals surface area (Å²) in [6.45, 7) is 1.54. The molecule has 1 aromatic heterocycles. The zero-order valence-corrected chi connectivity index (χ0v) is 14.6. The zero-order valence-electron chi connectivity index (χ0n) is 14.6. The van der Waals surface area contributed by atoms with Gasteiger partial charge in [0.1, 0.15) is 5.82 Å². The summed E-state index contributed by atoms with van der Waals surface area (Å²) in [7, 11) is 0. The SMILES string of the molecule is O=C(NCC1CCOCC1)c1cnc(Nc2ccccc2)cc1C(F)(F)F. The Hall–Kier alpha value is -2.61. The average molecular weight is 379 g/mol. The van der Waals surface area contributed by atoms with Crippen molar-refractivity contribution in [3.63, 3.8) is 0 Å². The fraction of sp³-hybridized carbons (Fsp3) is 0.368. The van der Waals surface area contributed by atoms with Crippen molar-refractivity contribution in [1.29, 1.82) is 0 Å². The molecule has 0 unspecified atom stereocenters. The third-order valence-electron chi connectivity index (χ3n) is 4.39. The molecule has 2 N–H and O–H groups in total. The van der Waals surface area contributed by atoms with E-state index in [4.69, 9.17) is 4.74 Å². The predicted molar refractivity (Wildman–Crippen MR) is 94.8 cm³/mol. The number of carbonyl (C=O) groups excluding carboxylic acids is 1. The van der Waals surface area contributed by atoms with E-state index in [1.54, 1.807) is 30.3 Å². The van der Waals surface area contributed by atoms with Crippen LogP contribution in [0.15, 0.2) is 42.6 Å². The molecule has 0 spiro atoms. The molecule has 0 atom stereocenters. The van der Waals surface area contributed by atoms with E-state index in [9.17, 15) is 18.0 Å². The Morgan fingerprint density at radius 3 is 2.56 bits per heavy atom. The Bertz CT molecular complexity index is 776. The van der Waals surface area contributed by atoms with E-state index in [-0.39, 0.29) is 11.7 Å². The van der Waals surface area contributed by atoms with Crippen molar-refractivity contribution < 1.29 is 22.7 Å². The number of nitrogens with one attached hydrogen (secondary N) is 2. The van der Waals surface area contributed by atoms with Crippen LogP contribution in [0.3, 0.4) is 0 Å². The Kier molecular flexibility index (Phi) is 5.95. The van der Waals surface area contributed by atoms with Gasteiger partial charge in [-0.3, -0.25) is 4.79 Å². The van der Waals surface area contributed by atoms with Gasteiger partial charge in [0, 0.05) is 31.6 Å². The number of nitrogens with zero attached hydrogens (tertiary/aromatic N) is 1. The Morgan fingerprint density at radius 2 is 1.89 bits per heavy atom. The van der Waals surface area contributed by atoms with E-state index in [1.807, 2.05) is 0 Å². The average Bonchev–Trinajstić information content (AvgIpc) is 2.67. The normalized spacial score (nSPS) is 15.4. The molecule has 27 heavy (non-hydrogen) atoms. The quantitative estimate of drug-likeness (QED) is 0.824. The topological polar surface area (TPSA) is 63.2 Å². The van der Waals surface area contributed by atoms with Gasteiger partial charge < -0.3 is 15.4 Å². The van der Waals surface area contributed by atoms with E-state index in [1.165, 1.54) is 0 Å². The van der Waals surface area contributed by atoms with Crippen molar-refractivity contribution in [1.82, 2.24) is 10.3 Å². The molecule has 0 saturated carbocycles. The minimum Gasteiger partial charge on any atom is -0.381 e. The minimum absolute atomic E-state index is 0.0227. The summed E-state index contributed by atoms with van der Waals surface area (Å²) in [4.78, 5) is 16.3. The number of amides is 1. The highest BCUT2D eigenvalue weighted by molar-refractivity contribution is 5.96. The lowest BCUT2D eigenvalue weighted by Gasteiger charge is -2.22. The standard InChI is InChI=1S/C19H20F3N3O2/c20-19(21,22)16-10-17(25-14-4-2-1-3-5-14)23-12-15(16)18(26)24-11-13-6-8-27-9-7-13/h1-5,10,12-13H,6-9,11H2,(H,23,25)(H,24,26). The first-order valence-electron chi connectivity index (χ1n) is 8.69. The number of carbonyl (C=O) groups is 1. The second kappa shape index (κ2) is 8.39. The Labute approximate surface area is 154 Å². The number of hydrogen-bond acceptors (Lipinski definition) is 4. The Balaban J connectivity index is 1.76. The summed E-state index contributed by atoms with van der Waals surface area (Å²) in [6.07, 6.45) is -2.13. The van der Waals surface area contributed by atoms with Crippen LogP contribution in [0.1, 0.15) is 28.8 Å². The number of benzene rings is 1. The lowest BCUT2D eigenvalue weighted by atomic mass is 10.00. The molecule has 0 radical (unpaired) electrons. The number of halogens is 3. The largest absolute Gasteiger partial charge is 0.417 e. The number of hydrogen-bond donors (Lipinski definition) is 2. The molecule has 144 valence electrons. The van der Waals surface area contributed by atoms with E-state index < -0.39 is 23.2 Å². The van der Waals surface area contributed by atoms with Crippen LogP contribution in [0.25, 0.3) is 0 Å². The maximum absolute atomic E-state index is 13.5. The Morgan fingerprint density at radius 1 is 1.19 bits per heavy atom. The van der Waals surface area contributed by atoms with Crippen molar-refractivity contribution in [2.24, 2.45) is 5.92 Å². The van der Waals surface area contributed by atoms with Gasteiger partial charge >= 0.3 is 6.18 Å². The molecule has 2 aromatic rings. The van der Waals surface area contributed by atoms with Crippen molar-refractivity contribution in [2.75, 3.05) is 25.1 Å². The molecular formula is C19H20F3N3O2. The van der Waals surface area contributed by atoms with E-state index in [2.05, 4.69) is 15.6 Å². The number of ether oxygens (including phenoxy) is 1. The molecule has 8 heteroatoms. The number of pyridine rings is 1. The van der Waals surface area contributed by atoms with Crippen molar-refractivity contribution >= 4 is 17.4 Å². The number of rotatable bonds is 5. The van der Waals surface area contributed by atoms with E-state index >= 15 is 0 Å². The summed E-state index contributed by atoms with van der Waals surface area (Å²) in [5, 5.41) is 5.40. The third kappa shape index (κ3) is 5.19. The van der Waals surface area contributed by atoms with Crippen molar-refractivity contribution in [3.8, 4) is 0 Å². The third-order valence-corrected chi connectivity index (χ3v) is 4.39. The highest BCUT2D eigenvalue weighted by Gasteiger charge is 2.36. The summed E-state index contributed by atoms with van der Waals surface area (Å²) < 4.78 is 45.6. The zero-order chi connectivity index (χ0) is 19.3. The lowest BCUT2D eigenvalue weighted by molar-refractivity contribution is -0.137. The first kappa shape index (κ1) is 19.2. The van der Waals surface area contributed by atoms with Gasteiger partial charge in [0.2, 0.25) is 0 Å². The van der Waals surface area contributed by atoms with Gasteiger partial charge in [-0.2, -0.15) is 13.2 Å². The van der Waals surface area contributed by atoms with Gasteiger partial charge in [0.15, 0.2) is 0 Å². The maximum atomic E-state index is 13.5. The highest BCUT2D eigenvalue weighted by atomic mass is 19.4. The maximum Gasteiger partial charge on any atom is 0.417 e. The molecule has 3 rings (SSSR count). The van der Waals surface area contributed by atoms with Gasteiger partial charge in [0.05, 0.1) is 11.1 Å². The molecule has 1 fully saturated rings. The van der Waals surface area contributed by atoms with Crippen LogP contribution in [-0.4, -0.2) is 30.6 Å². The molecule has 0 aliphatic carbocycles. The fourth-order valence-electron chi connectivity index (χ4n) is 2.89. The first-order valence-corrected chi connectivity index (χ1v) is 8.69. The van der Waals surface area contributed by atoms with Crippen LogP contribution < -0.4 is 10.6 Å². The van der Waals surface area contributed by atoms with Gasteiger partial charge in [-0.05, 0) is 37.0 Å². The molecule has 1 saturated heterocycles. The van der Waals surface area contributed by atoms with Gasteiger partial charge in [0.25, 0.3) is 5.91 Å². The summed E-state index contributed by atoms with van der Waals surface area (Å²) in [5.41, 5.74) is -0.886. The number of alkyl halides is 3. The van der Waals surface area contributed by atoms with Crippen LogP contribution in [0.4, 0.5) is 24.7 Å². The summed E-state index contributed by atoms with van der Waals surface area (Å²) >= 11 is 0. The van der Waals surface area contributed by atoms with E-state index in [0.29, 0.717) is 25.4 Å². The van der Waals surface area contributed by atoms with Gasteiger partial charge in [-0.15, -0.1) is 0 Å². The van der Waals surface area contributed by atoms with Gasteiger partial charge in [-0.1, -0.05) is 18.2 Å². The molecule has 0 bridgehead atoms. The van der Waals surface area contributed by atoms with Gasteiger partial charge in [-0.25, -0.2) is 4.98 Å².